The number of Topliss-reactive ketones (excluding diaryl/α,β-unsaturated/α-hetero) is 2. The fourth-order valence-electron chi connectivity index (χ4n) is 8.05. The molecule has 5 aliphatic carbocycles. The number of aliphatic hydroxyl groups is 1. The summed E-state index contributed by atoms with van der Waals surface area (Å²) in [5, 5.41) is 10.2. The number of ether oxygens (including phenoxy) is 1. The number of hydrogen-bond acceptors (Lipinski definition) is 4. The zero-order valence-electron chi connectivity index (χ0n) is 15.1. The minimum Gasteiger partial charge on any atom is -0.396 e. The number of rotatable bonds is 1. The third kappa shape index (κ3) is 1.63. The van der Waals surface area contributed by atoms with E-state index in [1.165, 1.54) is 0 Å². The molecular weight excluding hydrogens is 316 g/mol. The molecule has 1 heterocycles. The first-order valence-electron chi connectivity index (χ1n) is 9.87. The van der Waals surface area contributed by atoms with E-state index in [-0.39, 0.29) is 46.8 Å². The van der Waals surface area contributed by atoms with E-state index in [1.54, 1.807) is 0 Å². The van der Waals surface area contributed by atoms with E-state index in [9.17, 15) is 14.7 Å². The number of ketones is 2. The monoisotopic (exact) mass is 344 g/mol. The van der Waals surface area contributed by atoms with Crippen molar-refractivity contribution in [2.24, 2.45) is 39.9 Å². The molecule has 6 aliphatic rings. The van der Waals surface area contributed by atoms with Gasteiger partial charge < -0.3 is 9.84 Å². The third-order valence-electron chi connectivity index (χ3n) is 8.82. The lowest BCUT2D eigenvalue weighted by atomic mass is 9.33. The molecule has 5 saturated carbocycles. The molecule has 3 unspecified atom stereocenters. The van der Waals surface area contributed by atoms with Gasteiger partial charge in [0.25, 0.3) is 0 Å². The average molecular weight is 344 g/mol. The van der Waals surface area contributed by atoms with E-state index in [0.29, 0.717) is 25.2 Å². The lowest BCUT2D eigenvalue weighted by molar-refractivity contribution is -0.253. The molecule has 136 valence electrons. The Morgan fingerprint density at radius 2 is 2.04 bits per heavy atom. The maximum atomic E-state index is 13.7. The molecule has 0 amide bonds. The van der Waals surface area contributed by atoms with Gasteiger partial charge in [0.2, 0.25) is 0 Å². The summed E-state index contributed by atoms with van der Waals surface area (Å²) in [4.78, 5) is 27.0. The molecule has 0 radical (unpaired) electrons. The van der Waals surface area contributed by atoms with Crippen LogP contribution in [0.2, 0.25) is 0 Å². The molecule has 4 bridgehead atoms. The van der Waals surface area contributed by atoms with Crippen molar-refractivity contribution < 1.29 is 19.4 Å². The predicted molar refractivity (Wildman–Crippen MR) is 91.7 cm³/mol. The minimum absolute atomic E-state index is 0.00544. The first kappa shape index (κ1) is 16.2. The van der Waals surface area contributed by atoms with Crippen molar-refractivity contribution in [1.29, 1.82) is 0 Å². The van der Waals surface area contributed by atoms with Crippen molar-refractivity contribution >= 4 is 11.6 Å². The maximum Gasteiger partial charge on any atom is 0.172 e. The van der Waals surface area contributed by atoms with Crippen LogP contribution in [0.1, 0.15) is 45.4 Å². The molecule has 25 heavy (non-hydrogen) atoms. The van der Waals surface area contributed by atoms with Crippen molar-refractivity contribution in [2.75, 3.05) is 19.8 Å². The Labute approximate surface area is 149 Å². The first-order valence-corrected chi connectivity index (χ1v) is 9.87. The normalized spacial score (nSPS) is 54.2. The number of carbonyl (C=O) groups excluding carboxylic acids is 2. The highest BCUT2D eigenvalue weighted by Gasteiger charge is 2.75. The Balaban J connectivity index is 1.74. The standard InChI is InChI=1S/C21H28O4/c1-12-13-4-7-21(17(12)23)15(8-13)20-6-3-5-19(2,10-25-11-20)16(20)14(9-22)18(21)24/h13-16,22H,1,3-11H2,2H3/t13-,14+,15?,16?,19+,20-,21?/m1/s1. The van der Waals surface area contributed by atoms with Crippen molar-refractivity contribution in [3.63, 3.8) is 0 Å². The molecule has 1 spiro atoms. The molecule has 7 atom stereocenters. The van der Waals surface area contributed by atoms with Gasteiger partial charge in [-0.2, -0.15) is 0 Å². The second-order valence-corrected chi connectivity index (χ2v) is 9.71. The average Bonchev–Trinajstić information content (AvgIpc) is 2.59. The molecule has 1 N–H and O–H groups in total. The highest BCUT2D eigenvalue weighted by atomic mass is 16.5. The molecule has 6 fully saturated rings. The Kier molecular flexibility index (Phi) is 3.13. The van der Waals surface area contributed by atoms with Crippen LogP contribution >= 0.6 is 0 Å². The Morgan fingerprint density at radius 3 is 2.80 bits per heavy atom. The summed E-state index contributed by atoms with van der Waals surface area (Å²) in [6, 6.07) is 0. The van der Waals surface area contributed by atoms with E-state index in [1.807, 2.05) is 0 Å². The van der Waals surface area contributed by atoms with Gasteiger partial charge in [0.05, 0.1) is 25.2 Å². The van der Waals surface area contributed by atoms with Crippen LogP contribution in [0.4, 0.5) is 0 Å². The SMILES string of the molecule is C=C1C(=O)C23CC[C@@H]1CC2[C@@]12CCC[C@@](C)(COC1)C2[C@H](CO)C3=O. The molecule has 0 aromatic carbocycles. The largest absolute Gasteiger partial charge is 0.396 e. The highest BCUT2D eigenvalue weighted by Crippen LogP contribution is 2.72. The number of fused-ring (bicyclic) bond motifs is 2. The van der Waals surface area contributed by atoms with Crippen LogP contribution < -0.4 is 0 Å². The van der Waals surface area contributed by atoms with Crippen LogP contribution in [0.3, 0.4) is 0 Å². The quantitative estimate of drug-likeness (QED) is 0.586. The fraction of sp³-hybridized carbons (Fsp3) is 0.810. The fourth-order valence-corrected chi connectivity index (χ4v) is 8.05. The second kappa shape index (κ2) is 4.83. The maximum absolute atomic E-state index is 13.7. The van der Waals surface area contributed by atoms with Crippen LogP contribution in [0.15, 0.2) is 12.2 Å². The van der Waals surface area contributed by atoms with Gasteiger partial charge in [-0.05, 0) is 60.8 Å². The molecule has 6 rings (SSSR count). The van der Waals surface area contributed by atoms with Crippen molar-refractivity contribution in [1.82, 2.24) is 0 Å². The number of aliphatic hydroxyl groups excluding tert-OH is 1. The van der Waals surface area contributed by atoms with Gasteiger partial charge in [0, 0.05) is 11.3 Å². The van der Waals surface area contributed by atoms with Gasteiger partial charge in [-0.3, -0.25) is 9.59 Å². The minimum atomic E-state index is -0.922. The van der Waals surface area contributed by atoms with Crippen molar-refractivity contribution in [2.45, 2.75) is 45.4 Å². The van der Waals surface area contributed by atoms with E-state index >= 15 is 0 Å². The molecular formula is C21H28O4. The van der Waals surface area contributed by atoms with Crippen LogP contribution in [0, 0.1) is 39.9 Å². The van der Waals surface area contributed by atoms with E-state index in [0.717, 1.165) is 32.1 Å². The van der Waals surface area contributed by atoms with Gasteiger partial charge in [-0.15, -0.1) is 0 Å². The van der Waals surface area contributed by atoms with Crippen molar-refractivity contribution in [3.05, 3.63) is 12.2 Å². The third-order valence-corrected chi connectivity index (χ3v) is 8.82. The van der Waals surface area contributed by atoms with E-state index in [2.05, 4.69) is 13.5 Å². The van der Waals surface area contributed by atoms with Gasteiger partial charge >= 0.3 is 0 Å². The van der Waals surface area contributed by atoms with Gasteiger partial charge in [-0.1, -0.05) is 19.9 Å². The van der Waals surface area contributed by atoms with E-state index < -0.39 is 11.3 Å². The Morgan fingerprint density at radius 1 is 1.24 bits per heavy atom. The Bertz CT molecular complexity index is 669. The second-order valence-electron chi connectivity index (χ2n) is 9.71. The summed E-state index contributed by atoms with van der Waals surface area (Å²) >= 11 is 0. The van der Waals surface area contributed by atoms with Gasteiger partial charge in [0.1, 0.15) is 0 Å². The topological polar surface area (TPSA) is 63.6 Å². The van der Waals surface area contributed by atoms with E-state index in [4.69, 9.17) is 4.74 Å². The van der Waals surface area contributed by atoms with Crippen LogP contribution in [0.5, 0.6) is 0 Å². The molecule has 0 aromatic heterocycles. The highest BCUT2D eigenvalue weighted by molar-refractivity contribution is 6.17. The lowest BCUT2D eigenvalue weighted by Crippen LogP contribution is -2.73. The Hall–Kier alpha value is -1.00. The molecule has 1 saturated heterocycles. The molecule has 4 nitrogen and oxygen atoms in total. The smallest absolute Gasteiger partial charge is 0.172 e. The zero-order chi connectivity index (χ0) is 17.6. The molecule has 4 heteroatoms. The summed E-state index contributed by atoms with van der Waals surface area (Å²) in [6.45, 7) is 7.47. The lowest BCUT2D eigenvalue weighted by Gasteiger charge is -2.70. The summed E-state index contributed by atoms with van der Waals surface area (Å²) in [5.41, 5.74) is -0.438. The van der Waals surface area contributed by atoms with Crippen molar-refractivity contribution in [3.8, 4) is 0 Å². The summed E-state index contributed by atoms with van der Waals surface area (Å²) in [6.07, 6.45) is 5.66. The summed E-state index contributed by atoms with van der Waals surface area (Å²) in [5.74, 6) is 0.0712. The molecule has 1 aliphatic heterocycles. The van der Waals surface area contributed by atoms with Crippen LogP contribution in [0.25, 0.3) is 0 Å². The van der Waals surface area contributed by atoms with Gasteiger partial charge in [-0.25, -0.2) is 0 Å². The van der Waals surface area contributed by atoms with Crippen LogP contribution in [-0.2, 0) is 14.3 Å². The zero-order valence-corrected chi connectivity index (χ0v) is 15.1. The summed E-state index contributed by atoms with van der Waals surface area (Å²) in [7, 11) is 0. The number of allylic oxidation sites excluding steroid dienone is 1. The number of hydrogen-bond donors (Lipinski definition) is 1. The number of carbonyl (C=O) groups is 2. The van der Waals surface area contributed by atoms with Gasteiger partial charge in [0.15, 0.2) is 11.6 Å². The molecule has 0 aromatic rings. The predicted octanol–water partition coefficient (Wildman–Crippen LogP) is 2.54. The summed E-state index contributed by atoms with van der Waals surface area (Å²) < 4.78 is 6.12. The van der Waals surface area contributed by atoms with Crippen LogP contribution in [-0.4, -0.2) is 36.5 Å². The first-order chi connectivity index (χ1) is 11.9.